The van der Waals surface area contributed by atoms with Crippen LogP contribution in [0.3, 0.4) is 0 Å². The zero-order valence-corrected chi connectivity index (χ0v) is 20.7. The fourth-order valence-electron chi connectivity index (χ4n) is 4.41. The van der Waals surface area contributed by atoms with Crippen molar-refractivity contribution in [3.63, 3.8) is 0 Å². The first-order valence-electron chi connectivity index (χ1n) is 10.8. The number of ether oxygens (including phenoxy) is 1. The van der Waals surface area contributed by atoms with E-state index in [9.17, 15) is 0 Å². The Kier molecular flexibility index (Phi) is 9.46. The van der Waals surface area contributed by atoms with Crippen LogP contribution in [0.1, 0.15) is 52.0 Å². The van der Waals surface area contributed by atoms with Gasteiger partial charge in [-0.2, -0.15) is 0 Å². The molecule has 0 spiro atoms. The largest absolute Gasteiger partial charge is 0.375 e. The van der Waals surface area contributed by atoms with Crippen LogP contribution in [0.25, 0.3) is 0 Å². The SMILES string of the molecule is CN=C(NCc1ccc(N2CCOC(C)C2)nc1)NCC1(CC(C)C)CCC1.I. The highest BCUT2D eigenvalue weighted by Crippen LogP contribution is 2.45. The van der Waals surface area contributed by atoms with Crippen LogP contribution in [0.5, 0.6) is 0 Å². The zero-order valence-electron chi connectivity index (χ0n) is 18.4. The van der Waals surface area contributed by atoms with Gasteiger partial charge in [0.2, 0.25) is 0 Å². The van der Waals surface area contributed by atoms with Crippen LogP contribution in [0.4, 0.5) is 5.82 Å². The minimum Gasteiger partial charge on any atom is -0.375 e. The van der Waals surface area contributed by atoms with E-state index in [1.165, 1.54) is 25.7 Å². The predicted octanol–water partition coefficient (Wildman–Crippen LogP) is 3.81. The summed E-state index contributed by atoms with van der Waals surface area (Å²) >= 11 is 0. The smallest absolute Gasteiger partial charge is 0.191 e. The standard InChI is InChI=1S/C22H37N5O.HI/c1-17(2)12-22(8-5-9-22)16-26-21(23-4)25-14-19-6-7-20(24-13-19)27-10-11-28-18(3)15-27;/h6-7,13,17-18H,5,8-12,14-16H2,1-4H3,(H2,23,25,26);1H. The lowest BCUT2D eigenvalue weighted by atomic mass is 9.64. The van der Waals surface area contributed by atoms with Crippen LogP contribution >= 0.6 is 24.0 Å². The van der Waals surface area contributed by atoms with Crippen molar-refractivity contribution >= 4 is 35.8 Å². The number of hydrogen-bond donors (Lipinski definition) is 2. The number of nitrogens with one attached hydrogen (secondary N) is 2. The lowest BCUT2D eigenvalue weighted by Crippen LogP contribution is -2.46. The van der Waals surface area contributed by atoms with Crippen molar-refractivity contribution in [2.45, 2.75) is 59.1 Å². The van der Waals surface area contributed by atoms with Crippen molar-refractivity contribution in [1.29, 1.82) is 0 Å². The summed E-state index contributed by atoms with van der Waals surface area (Å²) in [5, 5.41) is 6.98. The van der Waals surface area contributed by atoms with E-state index < -0.39 is 0 Å². The predicted molar refractivity (Wildman–Crippen MR) is 131 cm³/mol. The Balaban J connectivity index is 0.00000300. The molecule has 1 atom stereocenters. The second-order valence-electron chi connectivity index (χ2n) is 8.88. The van der Waals surface area contributed by atoms with Crippen LogP contribution in [0, 0.1) is 11.3 Å². The van der Waals surface area contributed by atoms with Crippen molar-refractivity contribution in [3.8, 4) is 0 Å². The minimum atomic E-state index is 0. The number of morpholine rings is 1. The third-order valence-corrected chi connectivity index (χ3v) is 5.94. The lowest BCUT2D eigenvalue weighted by Gasteiger charge is -2.43. The Hall–Kier alpha value is -1.09. The first-order valence-corrected chi connectivity index (χ1v) is 10.8. The Labute approximate surface area is 193 Å². The summed E-state index contributed by atoms with van der Waals surface area (Å²) in [5.41, 5.74) is 1.62. The van der Waals surface area contributed by atoms with Crippen LogP contribution < -0.4 is 15.5 Å². The number of nitrogens with zero attached hydrogens (tertiary/aromatic N) is 3. The normalized spacial score (nSPS) is 21.3. The summed E-state index contributed by atoms with van der Waals surface area (Å²) in [6.45, 7) is 11.1. The molecule has 0 radical (unpaired) electrons. The summed E-state index contributed by atoms with van der Waals surface area (Å²) < 4.78 is 5.61. The first-order chi connectivity index (χ1) is 13.5. The van der Waals surface area contributed by atoms with Gasteiger partial charge in [0.25, 0.3) is 0 Å². The van der Waals surface area contributed by atoms with Crippen molar-refractivity contribution in [2.75, 3.05) is 38.2 Å². The van der Waals surface area contributed by atoms with Crippen LogP contribution in [0.2, 0.25) is 0 Å². The summed E-state index contributed by atoms with van der Waals surface area (Å²) in [6.07, 6.45) is 7.55. The number of aliphatic imine (C=N–C) groups is 1. The number of anilines is 1. The fourth-order valence-corrected chi connectivity index (χ4v) is 4.41. The molecule has 2 N–H and O–H groups in total. The molecule has 2 fully saturated rings. The summed E-state index contributed by atoms with van der Waals surface area (Å²) in [4.78, 5) is 11.3. The van der Waals surface area contributed by atoms with Gasteiger partial charge in [-0.25, -0.2) is 4.98 Å². The molecule has 0 aromatic carbocycles. The molecule has 1 saturated heterocycles. The van der Waals surface area contributed by atoms with E-state index in [1.54, 1.807) is 0 Å². The molecule has 6 nitrogen and oxygen atoms in total. The maximum atomic E-state index is 5.61. The lowest BCUT2D eigenvalue weighted by molar-refractivity contribution is 0.0529. The molecule has 2 heterocycles. The van der Waals surface area contributed by atoms with Crippen molar-refractivity contribution in [3.05, 3.63) is 23.9 Å². The Morgan fingerprint density at radius 2 is 2.14 bits per heavy atom. The molecular formula is C22H38IN5O. The molecule has 1 aliphatic carbocycles. The number of guanidine groups is 1. The van der Waals surface area contributed by atoms with E-state index in [4.69, 9.17) is 4.74 Å². The van der Waals surface area contributed by atoms with Gasteiger partial charge < -0.3 is 20.3 Å². The van der Waals surface area contributed by atoms with E-state index >= 15 is 0 Å². The van der Waals surface area contributed by atoms with Crippen LogP contribution in [-0.4, -0.2) is 50.3 Å². The molecule has 7 heteroatoms. The van der Waals surface area contributed by atoms with Gasteiger partial charge in [-0.05, 0) is 49.1 Å². The van der Waals surface area contributed by atoms with Crippen molar-refractivity contribution < 1.29 is 4.74 Å². The average Bonchev–Trinajstić information content (AvgIpc) is 2.66. The molecular weight excluding hydrogens is 477 g/mol. The van der Waals surface area contributed by atoms with Gasteiger partial charge in [0.15, 0.2) is 5.96 Å². The number of rotatable bonds is 7. The third kappa shape index (κ3) is 6.98. The first kappa shape index (κ1) is 24.2. The Morgan fingerprint density at radius 3 is 2.69 bits per heavy atom. The second-order valence-corrected chi connectivity index (χ2v) is 8.88. The van der Waals surface area contributed by atoms with Crippen LogP contribution in [-0.2, 0) is 11.3 Å². The van der Waals surface area contributed by atoms with Gasteiger partial charge in [-0.15, -0.1) is 24.0 Å². The van der Waals surface area contributed by atoms with E-state index in [2.05, 4.69) is 58.4 Å². The maximum absolute atomic E-state index is 5.61. The van der Waals surface area contributed by atoms with E-state index in [0.29, 0.717) is 5.41 Å². The highest BCUT2D eigenvalue weighted by Gasteiger charge is 2.37. The summed E-state index contributed by atoms with van der Waals surface area (Å²) in [7, 11) is 1.84. The van der Waals surface area contributed by atoms with Gasteiger partial charge in [0, 0.05) is 39.4 Å². The fraction of sp³-hybridized carbons (Fsp3) is 0.727. The van der Waals surface area contributed by atoms with Gasteiger partial charge >= 0.3 is 0 Å². The summed E-state index contributed by atoms with van der Waals surface area (Å²) in [6, 6.07) is 4.26. The third-order valence-electron chi connectivity index (χ3n) is 5.94. The average molecular weight is 515 g/mol. The molecule has 164 valence electrons. The van der Waals surface area contributed by atoms with Crippen molar-refractivity contribution in [2.24, 2.45) is 16.3 Å². The van der Waals surface area contributed by atoms with E-state index in [0.717, 1.165) is 56.0 Å². The van der Waals surface area contributed by atoms with Gasteiger partial charge in [-0.3, -0.25) is 4.99 Å². The quantitative estimate of drug-likeness (QED) is 0.329. The molecule has 2 aliphatic rings. The molecule has 1 aliphatic heterocycles. The number of hydrogen-bond acceptors (Lipinski definition) is 4. The molecule has 29 heavy (non-hydrogen) atoms. The maximum Gasteiger partial charge on any atom is 0.191 e. The van der Waals surface area contributed by atoms with E-state index in [-0.39, 0.29) is 30.1 Å². The Morgan fingerprint density at radius 1 is 1.34 bits per heavy atom. The topological polar surface area (TPSA) is 61.8 Å². The zero-order chi connectivity index (χ0) is 20.0. The monoisotopic (exact) mass is 515 g/mol. The molecule has 1 saturated carbocycles. The number of pyridine rings is 1. The summed E-state index contributed by atoms with van der Waals surface area (Å²) in [5.74, 6) is 2.65. The molecule has 1 unspecified atom stereocenters. The molecule has 0 amide bonds. The van der Waals surface area contributed by atoms with Gasteiger partial charge in [-0.1, -0.05) is 26.3 Å². The second kappa shape index (κ2) is 11.3. The van der Waals surface area contributed by atoms with Crippen molar-refractivity contribution in [1.82, 2.24) is 15.6 Å². The molecule has 0 bridgehead atoms. The van der Waals surface area contributed by atoms with Gasteiger partial charge in [0.1, 0.15) is 5.82 Å². The number of aromatic nitrogens is 1. The molecule has 3 rings (SSSR count). The minimum absolute atomic E-state index is 0. The molecule has 1 aromatic heterocycles. The Bertz CT molecular complexity index is 645. The highest BCUT2D eigenvalue weighted by molar-refractivity contribution is 14.0. The van der Waals surface area contributed by atoms with Crippen LogP contribution in [0.15, 0.2) is 23.3 Å². The molecule has 1 aromatic rings. The van der Waals surface area contributed by atoms with Gasteiger partial charge in [0.05, 0.1) is 12.7 Å². The highest BCUT2D eigenvalue weighted by atomic mass is 127. The van der Waals surface area contributed by atoms with E-state index in [1.807, 2.05) is 13.2 Å². The number of halogens is 1.